The van der Waals surface area contributed by atoms with Gasteiger partial charge < -0.3 is 4.90 Å². The van der Waals surface area contributed by atoms with Crippen LogP contribution in [-0.2, 0) is 0 Å². The van der Waals surface area contributed by atoms with Gasteiger partial charge in [0.2, 0.25) is 0 Å². The van der Waals surface area contributed by atoms with Crippen molar-refractivity contribution in [3.05, 3.63) is 23.3 Å². The summed E-state index contributed by atoms with van der Waals surface area (Å²) in [6.45, 7) is 17.1. The van der Waals surface area contributed by atoms with Crippen molar-refractivity contribution in [1.82, 2.24) is 4.90 Å². The van der Waals surface area contributed by atoms with Crippen molar-refractivity contribution < 1.29 is 0 Å². The predicted octanol–water partition coefficient (Wildman–Crippen LogP) is 7.31. The van der Waals surface area contributed by atoms with Crippen LogP contribution in [0.15, 0.2) is 28.3 Å². The third-order valence-electron chi connectivity index (χ3n) is 10.7. The van der Waals surface area contributed by atoms with Gasteiger partial charge in [-0.3, -0.25) is 4.99 Å². The summed E-state index contributed by atoms with van der Waals surface area (Å²) < 4.78 is 0. The Bertz CT molecular complexity index is 796. The first-order valence-electron chi connectivity index (χ1n) is 13.0. The van der Waals surface area contributed by atoms with E-state index in [0.29, 0.717) is 34.2 Å². The molecule has 0 aromatic carbocycles. The average molecular weight is 425 g/mol. The molecule has 174 valence electrons. The number of aliphatic imine (C=N–C) groups is 1. The van der Waals surface area contributed by atoms with Gasteiger partial charge in [-0.15, -0.1) is 0 Å². The normalized spacial score (nSPS) is 42.5. The molecule has 0 heterocycles. The Morgan fingerprint density at radius 2 is 1.68 bits per heavy atom. The van der Waals surface area contributed by atoms with Gasteiger partial charge in [-0.1, -0.05) is 45.4 Å². The van der Waals surface area contributed by atoms with Gasteiger partial charge in [0.1, 0.15) is 0 Å². The van der Waals surface area contributed by atoms with Crippen LogP contribution in [0.4, 0.5) is 0 Å². The van der Waals surface area contributed by atoms with Crippen LogP contribution in [0.5, 0.6) is 0 Å². The molecule has 0 saturated heterocycles. The lowest BCUT2D eigenvalue weighted by Gasteiger charge is -2.55. The summed E-state index contributed by atoms with van der Waals surface area (Å²) in [4.78, 5) is 7.51. The maximum absolute atomic E-state index is 5.04. The number of hydrogen-bond donors (Lipinski definition) is 0. The largest absolute Gasteiger partial charge is 0.306 e. The lowest BCUT2D eigenvalue weighted by atomic mass is 9.50. The zero-order chi connectivity index (χ0) is 22.8. The van der Waals surface area contributed by atoms with Crippen LogP contribution in [0.2, 0.25) is 0 Å². The summed E-state index contributed by atoms with van der Waals surface area (Å²) in [5.41, 5.74) is 5.87. The number of hydrogen-bond acceptors (Lipinski definition) is 2. The van der Waals surface area contributed by atoms with Crippen LogP contribution in [-0.4, -0.2) is 36.8 Å². The highest BCUT2D eigenvalue weighted by molar-refractivity contribution is 5.79. The highest BCUT2D eigenvalue weighted by Crippen LogP contribution is 2.69. The zero-order valence-corrected chi connectivity index (χ0v) is 21.9. The molecule has 0 aliphatic heterocycles. The topological polar surface area (TPSA) is 15.6 Å². The summed E-state index contributed by atoms with van der Waals surface area (Å²) in [5.74, 6) is 2.19. The molecule has 4 rings (SSSR count). The van der Waals surface area contributed by atoms with Crippen molar-refractivity contribution in [3.63, 3.8) is 0 Å². The fourth-order valence-electron chi connectivity index (χ4n) is 8.94. The van der Waals surface area contributed by atoms with Crippen LogP contribution in [0.1, 0.15) is 93.4 Å². The number of allylic oxidation sites excluding steroid dienone is 3. The molecule has 2 saturated carbocycles. The standard InChI is InChI=1S/C29H48N2/c1-19(2)30-20(3)23-15-17-29(7)25-12-11-24-21(18-22(25)14-16-28(23,29)6)10-13-26(31(8)9)27(24,4)5/h10,18,20,23-26H,11-17H2,1-9H3/t20-,23+,24+,25+,26+,28+,29-/m0/s1. The fraction of sp³-hybridized carbons (Fsp3) is 0.828. The van der Waals surface area contributed by atoms with E-state index < -0.39 is 0 Å². The highest BCUT2D eigenvalue weighted by atomic mass is 15.1. The van der Waals surface area contributed by atoms with Gasteiger partial charge in [-0.05, 0) is 119 Å². The summed E-state index contributed by atoms with van der Waals surface area (Å²) in [6.07, 6.45) is 14.6. The van der Waals surface area contributed by atoms with Gasteiger partial charge in [-0.2, -0.15) is 0 Å². The highest BCUT2D eigenvalue weighted by Gasteiger charge is 2.61. The molecule has 0 bridgehead atoms. The van der Waals surface area contributed by atoms with E-state index in [4.69, 9.17) is 4.99 Å². The molecule has 4 aliphatic carbocycles. The second-order valence-corrected chi connectivity index (χ2v) is 12.9. The lowest BCUT2D eigenvalue weighted by Crippen LogP contribution is -2.48. The Balaban J connectivity index is 1.66. The number of nitrogens with zero attached hydrogens (tertiary/aromatic N) is 2. The maximum atomic E-state index is 5.04. The van der Waals surface area contributed by atoms with E-state index in [2.05, 4.69) is 79.6 Å². The second-order valence-electron chi connectivity index (χ2n) is 12.9. The summed E-state index contributed by atoms with van der Waals surface area (Å²) >= 11 is 0. The molecule has 2 heteroatoms. The molecular formula is C29H48N2. The van der Waals surface area contributed by atoms with Crippen molar-refractivity contribution in [2.24, 2.45) is 39.0 Å². The summed E-state index contributed by atoms with van der Waals surface area (Å²) in [7, 11) is 4.54. The van der Waals surface area contributed by atoms with E-state index in [1.165, 1.54) is 50.7 Å². The lowest BCUT2D eigenvalue weighted by molar-refractivity contribution is -0.0188. The Morgan fingerprint density at radius 1 is 1.00 bits per heavy atom. The Kier molecular flexibility index (Phi) is 5.90. The molecule has 4 aliphatic rings. The minimum absolute atomic E-state index is 0.336. The minimum Gasteiger partial charge on any atom is -0.306 e. The van der Waals surface area contributed by atoms with Crippen molar-refractivity contribution in [3.8, 4) is 0 Å². The van der Waals surface area contributed by atoms with Crippen molar-refractivity contribution in [2.75, 3.05) is 14.1 Å². The second kappa shape index (κ2) is 7.86. The van der Waals surface area contributed by atoms with Crippen LogP contribution in [0, 0.1) is 34.0 Å². The van der Waals surface area contributed by atoms with Crippen LogP contribution < -0.4 is 0 Å². The SMILES string of the molecule is CC(C)=N[C@@H](C)[C@H]1CC[C@@]2(C)[C@@H]3CC[C@@H]4C(=CC[C@@H](N(C)C)C4(C)C)C=C3CC[C@]12C. The van der Waals surface area contributed by atoms with E-state index >= 15 is 0 Å². The molecule has 0 N–H and O–H groups in total. The molecule has 2 fully saturated rings. The molecule has 0 radical (unpaired) electrons. The van der Waals surface area contributed by atoms with Gasteiger partial charge in [0, 0.05) is 11.8 Å². The molecule has 0 aromatic heterocycles. The third-order valence-corrected chi connectivity index (χ3v) is 10.7. The van der Waals surface area contributed by atoms with Crippen LogP contribution >= 0.6 is 0 Å². The molecule has 0 spiro atoms. The summed E-state index contributed by atoms with van der Waals surface area (Å²) in [6, 6.07) is 1.10. The van der Waals surface area contributed by atoms with Crippen LogP contribution in [0.3, 0.4) is 0 Å². The monoisotopic (exact) mass is 424 g/mol. The molecular weight excluding hydrogens is 376 g/mol. The smallest absolute Gasteiger partial charge is 0.0504 e. The molecule has 2 nitrogen and oxygen atoms in total. The Hall–Kier alpha value is -0.890. The quantitative estimate of drug-likeness (QED) is 0.434. The van der Waals surface area contributed by atoms with Crippen LogP contribution in [0.25, 0.3) is 0 Å². The Morgan fingerprint density at radius 3 is 2.32 bits per heavy atom. The molecule has 31 heavy (non-hydrogen) atoms. The van der Waals surface area contributed by atoms with Gasteiger partial charge in [-0.25, -0.2) is 0 Å². The molecule has 7 atom stereocenters. The fourth-order valence-corrected chi connectivity index (χ4v) is 8.94. The maximum Gasteiger partial charge on any atom is 0.0504 e. The molecule has 0 amide bonds. The van der Waals surface area contributed by atoms with Gasteiger partial charge >= 0.3 is 0 Å². The minimum atomic E-state index is 0.336. The van der Waals surface area contributed by atoms with E-state index in [1.54, 1.807) is 11.1 Å². The first-order valence-corrected chi connectivity index (χ1v) is 13.0. The van der Waals surface area contributed by atoms with E-state index in [-0.39, 0.29) is 0 Å². The first-order chi connectivity index (χ1) is 14.4. The average Bonchev–Trinajstić information content (AvgIpc) is 2.81. The van der Waals surface area contributed by atoms with Crippen molar-refractivity contribution >= 4 is 5.71 Å². The molecule has 0 aromatic rings. The van der Waals surface area contributed by atoms with Gasteiger partial charge in [0.25, 0.3) is 0 Å². The van der Waals surface area contributed by atoms with Gasteiger partial charge in [0.05, 0.1) is 6.04 Å². The Labute approximate surface area is 192 Å². The van der Waals surface area contributed by atoms with E-state index in [9.17, 15) is 0 Å². The first kappa shape index (κ1) is 23.3. The third kappa shape index (κ3) is 3.51. The molecule has 0 unspecified atom stereocenters. The van der Waals surface area contributed by atoms with E-state index in [1.807, 2.05) is 0 Å². The van der Waals surface area contributed by atoms with Crippen molar-refractivity contribution in [1.29, 1.82) is 0 Å². The summed E-state index contributed by atoms with van der Waals surface area (Å²) in [5, 5.41) is 0. The zero-order valence-electron chi connectivity index (χ0n) is 21.9. The predicted molar refractivity (Wildman–Crippen MR) is 135 cm³/mol. The number of fused-ring (bicyclic) bond motifs is 4. The van der Waals surface area contributed by atoms with Crippen molar-refractivity contribution in [2.45, 2.75) is 105 Å². The van der Waals surface area contributed by atoms with Gasteiger partial charge in [0.15, 0.2) is 0 Å². The number of rotatable bonds is 3. The van der Waals surface area contributed by atoms with E-state index in [0.717, 1.165) is 11.8 Å².